The molecule has 3 rings (SSSR count). The third-order valence-corrected chi connectivity index (χ3v) is 3.45. The molecule has 0 unspecified atom stereocenters. The third-order valence-electron chi connectivity index (χ3n) is 3.45. The maximum absolute atomic E-state index is 13.6. The first-order valence-electron chi connectivity index (χ1n) is 7.15. The summed E-state index contributed by atoms with van der Waals surface area (Å²) in [4.78, 5) is 3.80. The lowest BCUT2D eigenvalue weighted by molar-refractivity contribution is -0.154. The Balaban J connectivity index is 1.89. The zero-order chi connectivity index (χ0) is 18.2. The molecule has 3 heterocycles. The van der Waals surface area contributed by atoms with Crippen molar-refractivity contribution in [2.45, 2.75) is 19.0 Å². The van der Waals surface area contributed by atoms with Crippen LogP contribution in [0, 0.1) is 0 Å². The minimum Gasteiger partial charge on any atom is -0.468 e. The number of alkyl halides is 5. The number of aromatic nitrogens is 3. The van der Waals surface area contributed by atoms with E-state index in [0.717, 1.165) is 13.1 Å². The van der Waals surface area contributed by atoms with Crippen LogP contribution in [0.2, 0.25) is 0 Å². The van der Waals surface area contributed by atoms with Gasteiger partial charge < -0.3 is 4.74 Å². The molecule has 0 amide bonds. The summed E-state index contributed by atoms with van der Waals surface area (Å²) in [6.45, 7) is -0.652. The number of fused-ring (bicyclic) bond motifs is 1. The number of nitrogens with zero attached hydrogens (tertiary/aromatic N) is 3. The molecular formula is C16H12F5N3O. The highest BCUT2D eigenvalue weighted by Gasteiger charge is 2.29. The van der Waals surface area contributed by atoms with Crippen LogP contribution in [0.5, 0.6) is 5.88 Å². The maximum atomic E-state index is 13.6. The fourth-order valence-electron chi connectivity index (χ4n) is 2.29. The number of ether oxygens (including phenoxy) is 1. The van der Waals surface area contributed by atoms with Crippen LogP contribution in [0.3, 0.4) is 0 Å². The van der Waals surface area contributed by atoms with E-state index in [2.05, 4.69) is 14.8 Å². The van der Waals surface area contributed by atoms with Crippen molar-refractivity contribution in [2.24, 2.45) is 0 Å². The first-order valence-corrected chi connectivity index (χ1v) is 7.15. The van der Waals surface area contributed by atoms with Crippen LogP contribution in [0.25, 0.3) is 16.6 Å². The van der Waals surface area contributed by atoms with E-state index < -0.39 is 18.7 Å². The van der Waals surface area contributed by atoms with Gasteiger partial charge in [-0.3, -0.25) is 0 Å². The summed E-state index contributed by atoms with van der Waals surface area (Å²) in [7, 11) is 0. The molecule has 25 heavy (non-hydrogen) atoms. The Kier molecular flexibility index (Phi) is 4.09. The van der Waals surface area contributed by atoms with Crippen molar-refractivity contribution in [2.75, 3.05) is 6.61 Å². The van der Waals surface area contributed by atoms with Crippen LogP contribution in [0.15, 0.2) is 42.9 Å². The molecule has 0 atom stereocenters. The van der Waals surface area contributed by atoms with Gasteiger partial charge >= 0.3 is 6.18 Å². The summed E-state index contributed by atoms with van der Waals surface area (Å²) in [6, 6.07) is 5.96. The quantitative estimate of drug-likeness (QED) is 0.648. The molecule has 3 aromatic rings. The second-order valence-electron chi connectivity index (χ2n) is 5.48. The number of halogens is 5. The standard InChI is InChI=1S/C16H12F5N3O/c1-15(17,18)12-8-23-24-5-4-10(6-13(12)24)11-2-3-14(22-7-11)25-9-16(19,20)21/h2-8H,9H2,1H3. The number of pyridine rings is 2. The van der Waals surface area contributed by atoms with E-state index in [4.69, 9.17) is 0 Å². The SMILES string of the molecule is CC(F)(F)c1cnn2ccc(-c3ccc(OCC(F)(F)F)nc3)cc12. The molecule has 0 radical (unpaired) electrons. The summed E-state index contributed by atoms with van der Waals surface area (Å²) in [5.74, 6) is -3.22. The zero-order valence-corrected chi connectivity index (χ0v) is 12.9. The highest BCUT2D eigenvalue weighted by Crippen LogP contribution is 2.32. The maximum Gasteiger partial charge on any atom is 0.422 e. The lowest BCUT2D eigenvalue weighted by Gasteiger charge is -2.10. The molecule has 0 saturated carbocycles. The average Bonchev–Trinajstić information content (AvgIpc) is 2.96. The van der Waals surface area contributed by atoms with Gasteiger partial charge in [0.15, 0.2) is 6.61 Å². The van der Waals surface area contributed by atoms with E-state index in [1.165, 1.54) is 35.1 Å². The molecule has 0 aromatic carbocycles. The molecule has 0 aliphatic heterocycles. The predicted octanol–water partition coefficient (Wildman–Crippen LogP) is 4.45. The fraction of sp³-hybridized carbons (Fsp3) is 0.250. The van der Waals surface area contributed by atoms with Gasteiger partial charge in [-0.15, -0.1) is 0 Å². The lowest BCUT2D eigenvalue weighted by atomic mass is 10.1. The minimum absolute atomic E-state index is 0.174. The van der Waals surface area contributed by atoms with E-state index >= 15 is 0 Å². The highest BCUT2D eigenvalue weighted by molar-refractivity contribution is 5.70. The van der Waals surface area contributed by atoms with Crippen molar-refractivity contribution < 1.29 is 26.7 Å². The van der Waals surface area contributed by atoms with Crippen LogP contribution < -0.4 is 4.74 Å². The molecular weight excluding hydrogens is 345 g/mol. The molecule has 0 fully saturated rings. The molecule has 4 nitrogen and oxygen atoms in total. The van der Waals surface area contributed by atoms with Gasteiger partial charge in [0.1, 0.15) is 0 Å². The van der Waals surface area contributed by atoms with Gasteiger partial charge in [-0.25, -0.2) is 18.3 Å². The Hall–Kier alpha value is -2.71. The average molecular weight is 357 g/mol. The Labute approximate surface area is 138 Å². The molecule has 132 valence electrons. The van der Waals surface area contributed by atoms with Crippen molar-refractivity contribution in [1.82, 2.24) is 14.6 Å². The van der Waals surface area contributed by atoms with Crippen molar-refractivity contribution in [3.05, 3.63) is 48.4 Å². The van der Waals surface area contributed by atoms with E-state index in [0.29, 0.717) is 11.1 Å². The summed E-state index contributed by atoms with van der Waals surface area (Å²) >= 11 is 0. The van der Waals surface area contributed by atoms with Gasteiger partial charge in [-0.1, -0.05) is 0 Å². The minimum atomic E-state index is -4.45. The summed E-state index contributed by atoms with van der Waals surface area (Å²) in [6.07, 6.45) is -0.508. The van der Waals surface area contributed by atoms with E-state index in [1.54, 1.807) is 6.07 Å². The summed E-state index contributed by atoms with van der Waals surface area (Å²) < 4.78 is 69.4. The van der Waals surface area contributed by atoms with Crippen molar-refractivity contribution in [3.8, 4) is 17.0 Å². The van der Waals surface area contributed by atoms with Crippen LogP contribution in [0.4, 0.5) is 22.0 Å². The van der Waals surface area contributed by atoms with Gasteiger partial charge in [0.2, 0.25) is 5.88 Å². The number of rotatable bonds is 4. The van der Waals surface area contributed by atoms with E-state index in [9.17, 15) is 22.0 Å². The van der Waals surface area contributed by atoms with Crippen molar-refractivity contribution >= 4 is 5.52 Å². The van der Waals surface area contributed by atoms with Crippen LogP contribution in [-0.2, 0) is 5.92 Å². The smallest absolute Gasteiger partial charge is 0.422 e. The molecule has 0 saturated heterocycles. The van der Waals surface area contributed by atoms with Gasteiger partial charge in [0, 0.05) is 30.9 Å². The Bertz CT molecular complexity index is 881. The summed E-state index contributed by atoms with van der Waals surface area (Å²) in [5.41, 5.74) is 1.15. The fourth-order valence-corrected chi connectivity index (χ4v) is 2.29. The second kappa shape index (κ2) is 5.98. The topological polar surface area (TPSA) is 39.4 Å². The third kappa shape index (κ3) is 3.86. The van der Waals surface area contributed by atoms with Crippen LogP contribution >= 0.6 is 0 Å². The lowest BCUT2D eigenvalue weighted by Crippen LogP contribution is -2.19. The van der Waals surface area contributed by atoms with Gasteiger partial charge in [0.25, 0.3) is 5.92 Å². The zero-order valence-electron chi connectivity index (χ0n) is 12.9. The Morgan fingerprint density at radius 1 is 1.04 bits per heavy atom. The number of hydrogen-bond donors (Lipinski definition) is 0. The van der Waals surface area contributed by atoms with Gasteiger partial charge in [-0.05, 0) is 23.8 Å². The Morgan fingerprint density at radius 2 is 1.80 bits per heavy atom. The van der Waals surface area contributed by atoms with Crippen molar-refractivity contribution in [1.29, 1.82) is 0 Å². The second-order valence-corrected chi connectivity index (χ2v) is 5.48. The van der Waals surface area contributed by atoms with Gasteiger partial charge in [-0.2, -0.15) is 18.3 Å². The largest absolute Gasteiger partial charge is 0.468 e. The first kappa shape index (κ1) is 17.1. The van der Waals surface area contributed by atoms with E-state index in [1.807, 2.05) is 0 Å². The highest BCUT2D eigenvalue weighted by atomic mass is 19.4. The van der Waals surface area contributed by atoms with Crippen molar-refractivity contribution in [3.63, 3.8) is 0 Å². The molecule has 3 aromatic heterocycles. The molecule has 9 heteroatoms. The van der Waals surface area contributed by atoms with Gasteiger partial charge in [0.05, 0.1) is 17.3 Å². The molecule has 0 N–H and O–H groups in total. The first-order chi connectivity index (χ1) is 11.6. The normalized spacial score (nSPS) is 12.6. The molecule has 0 aliphatic rings. The molecule has 0 spiro atoms. The number of hydrogen-bond acceptors (Lipinski definition) is 3. The molecule has 0 bridgehead atoms. The summed E-state index contributed by atoms with van der Waals surface area (Å²) in [5, 5.41) is 3.88. The predicted molar refractivity (Wildman–Crippen MR) is 79.5 cm³/mol. The van der Waals surface area contributed by atoms with Crippen LogP contribution in [-0.4, -0.2) is 27.4 Å². The van der Waals surface area contributed by atoms with Crippen LogP contribution in [0.1, 0.15) is 12.5 Å². The Morgan fingerprint density at radius 3 is 2.40 bits per heavy atom. The monoisotopic (exact) mass is 357 g/mol. The molecule has 0 aliphatic carbocycles. The van der Waals surface area contributed by atoms with E-state index in [-0.39, 0.29) is 17.0 Å².